The van der Waals surface area contributed by atoms with Crippen molar-refractivity contribution in [3.05, 3.63) is 24.3 Å². The summed E-state index contributed by atoms with van der Waals surface area (Å²) in [4.78, 5) is 0. The zero-order chi connectivity index (χ0) is 14.5. The number of rotatable bonds is 6. The minimum absolute atomic E-state index is 0.0963. The van der Waals surface area contributed by atoms with Crippen molar-refractivity contribution in [2.75, 3.05) is 26.4 Å². The molecule has 2 aliphatic heterocycles. The summed E-state index contributed by atoms with van der Waals surface area (Å²) < 4.78 is 22.6. The first kappa shape index (κ1) is 14.7. The fourth-order valence-electron chi connectivity index (χ4n) is 2.59. The molecular formula is C17H24O4. The third-order valence-electron chi connectivity index (χ3n) is 4.34. The van der Waals surface area contributed by atoms with Gasteiger partial charge >= 0.3 is 0 Å². The lowest BCUT2D eigenvalue weighted by Crippen LogP contribution is -2.46. The lowest BCUT2D eigenvalue weighted by Gasteiger charge is -2.40. The molecule has 0 aliphatic carbocycles. The van der Waals surface area contributed by atoms with Crippen LogP contribution < -0.4 is 9.47 Å². The molecule has 4 nitrogen and oxygen atoms in total. The molecule has 0 N–H and O–H groups in total. The molecule has 4 heteroatoms. The molecular weight excluding hydrogens is 268 g/mol. The fraction of sp³-hybridized carbons (Fsp3) is 0.647. The number of hydrogen-bond donors (Lipinski definition) is 0. The monoisotopic (exact) mass is 292 g/mol. The summed E-state index contributed by atoms with van der Waals surface area (Å²) in [6.45, 7) is 5.32. The van der Waals surface area contributed by atoms with Crippen LogP contribution in [0.3, 0.4) is 0 Å². The van der Waals surface area contributed by atoms with E-state index >= 15 is 0 Å². The van der Waals surface area contributed by atoms with E-state index in [1.807, 2.05) is 24.3 Å². The highest BCUT2D eigenvalue weighted by Crippen LogP contribution is 2.32. The van der Waals surface area contributed by atoms with Crippen LogP contribution >= 0.6 is 0 Å². The second-order valence-electron chi connectivity index (χ2n) is 6.02. The molecule has 3 rings (SSSR count). The molecule has 0 spiro atoms. The van der Waals surface area contributed by atoms with Crippen molar-refractivity contribution in [2.45, 2.75) is 38.9 Å². The van der Waals surface area contributed by atoms with Crippen LogP contribution in [0.5, 0.6) is 11.5 Å². The molecule has 2 heterocycles. The lowest BCUT2D eigenvalue weighted by molar-refractivity contribution is -0.133. The first-order chi connectivity index (χ1) is 10.3. The predicted molar refractivity (Wildman–Crippen MR) is 79.7 cm³/mol. The molecule has 116 valence electrons. The normalized spacial score (nSPS) is 24.1. The van der Waals surface area contributed by atoms with Gasteiger partial charge in [0.15, 0.2) is 6.29 Å². The Morgan fingerprint density at radius 1 is 1.14 bits per heavy atom. The highest BCUT2D eigenvalue weighted by atomic mass is 16.7. The predicted octanol–water partition coefficient (Wildman–Crippen LogP) is 3.40. The molecule has 1 aromatic carbocycles. The van der Waals surface area contributed by atoms with Crippen LogP contribution in [-0.4, -0.2) is 32.7 Å². The number of hydrogen-bond acceptors (Lipinski definition) is 4. The molecule has 0 radical (unpaired) electrons. The van der Waals surface area contributed by atoms with Gasteiger partial charge in [-0.05, 0) is 43.5 Å². The summed E-state index contributed by atoms with van der Waals surface area (Å²) in [5.41, 5.74) is 0.213. The molecule has 1 atom stereocenters. The Hall–Kier alpha value is -1.26. The van der Waals surface area contributed by atoms with Crippen molar-refractivity contribution in [3.8, 4) is 11.5 Å². The zero-order valence-corrected chi connectivity index (χ0v) is 12.7. The van der Waals surface area contributed by atoms with E-state index in [0.717, 1.165) is 57.2 Å². The van der Waals surface area contributed by atoms with Gasteiger partial charge in [0.05, 0.1) is 31.8 Å². The molecule has 2 fully saturated rings. The van der Waals surface area contributed by atoms with E-state index < -0.39 is 0 Å². The summed E-state index contributed by atoms with van der Waals surface area (Å²) in [7, 11) is 0. The molecule has 21 heavy (non-hydrogen) atoms. The molecule has 1 aromatic rings. The molecule has 0 saturated carbocycles. The maximum Gasteiger partial charge on any atom is 0.199 e. The second-order valence-corrected chi connectivity index (χ2v) is 6.02. The zero-order valence-electron chi connectivity index (χ0n) is 12.7. The molecule has 2 aliphatic rings. The van der Waals surface area contributed by atoms with Crippen molar-refractivity contribution in [1.29, 1.82) is 0 Å². The summed E-state index contributed by atoms with van der Waals surface area (Å²) in [6, 6.07) is 7.81. The van der Waals surface area contributed by atoms with Gasteiger partial charge in [0, 0.05) is 6.42 Å². The largest absolute Gasteiger partial charge is 0.493 e. The van der Waals surface area contributed by atoms with Gasteiger partial charge < -0.3 is 18.9 Å². The van der Waals surface area contributed by atoms with Crippen LogP contribution in [0.15, 0.2) is 24.3 Å². The number of benzene rings is 1. The summed E-state index contributed by atoms with van der Waals surface area (Å²) in [5.74, 6) is 1.72. The Morgan fingerprint density at radius 2 is 1.90 bits per heavy atom. The van der Waals surface area contributed by atoms with E-state index in [0.29, 0.717) is 0 Å². The summed E-state index contributed by atoms with van der Waals surface area (Å²) >= 11 is 0. The van der Waals surface area contributed by atoms with Gasteiger partial charge in [0.1, 0.15) is 11.5 Å². The van der Waals surface area contributed by atoms with E-state index in [2.05, 4.69) is 6.92 Å². The van der Waals surface area contributed by atoms with Crippen molar-refractivity contribution in [2.24, 2.45) is 5.41 Å². The Kier molecular flexibility index (Phi) is 4.66. The van der Waals surface area contributed by atoms with Crippen molar-refractivity contribution in [1.82, 2.24) is 0 Å². The van der Waals surface area contributed by atoms with Crippen molar-refractivity contribution < 1.29 is 18.9 Å². The highest BCUT2D eigenvalue weighted by molar-refractivity contribution is 5.31. The quantitative estimate of drug-likeness (QED) is 0.805. The van der Waals surface area contributed by atoms with E-state index in [9.17, 15) is 0 Å². The van der Waals surface area contributed by atoms with Gasteiger partial charge in [-0.1, -0.05) is 6.92 Å². The fourth-order valence-corrected chi connectivity index (χ4v) is 2.59. The first-order valence-electron chi connectivity index (χ1n) is 7.89. The SMILES string of the molecule is CCC1(COc2ccc(OC3CCCCO3)cc2)COC1. The van der Waals surface area contributed by atoms with Crippen LogP contribution in [0.25, 0.3) is 0 Å². The average molecular weight is 292 g/mol. The van der Waals surface area contributed by atoms with E-state index in [4.69, 9.17) is 18.9 Å². The van der Waals surface area contributed by atoms with Gasteiger partial charge in [0.2, 0.25) is 0 Å². The molecule has 0 aromatic heterocycles. The van der Waals surface area contributed by atoms with E-state index in [-0.39, 0.29) is 11.7 Å². The molecule has 0 bridgehead atoms. The van der Waals surface area contributed by atoms with E-state index in [1.165, 1.54) is 6.42 Å². The third kappa shape index (κ3) is 3.69. The summed E-state index contributed by atoms with van der Waals surface area (Å²) in [6.07, 6.45) is 4.27. The van der Waals surface area contributed by atoms with E-state index in [1.54, 1.807) is 0 Å². The first-order valence-corrected chi connectivity index (χ1v) is 7.89. The van der Waals surface area contributed by atoms with Crippen LogP contribution in [0.2, 0.25) is 0 Å². The topological polar surface area (TPSA) is 36.9 Å². The third-order valence-corrected chi connectivity index (χ3v) is 4.34. The van der Waals surface area contributed by atoms with Crippen LogP contribution in [0.1, 0.15) is 32.6 Å². The minimum Gasteiger partial charge on any atom is -0.493 e. The Morgan fingerprint density at radius 3 is 2.48 bits per heavy atom. The van der Waals surface area contributed by atoms with Crippen LogP contribution in [-0.2, 0) is 9.47 Å². The van der Waals surface area contributed by atoms with Gasteiger partial charge in [-0.25, -0.2) is 0 Å². The van der Waals surface area contributed by atoms with Gasteiger partial charge in [-0.15, -0.1) is 0 Å². The minimum atomic E-state index is -0.0963. The van der Waals surface area contributed by atoms with Gasteiger partial charge in [0.25, 0.3) is 0 Å². The summed E-state index contributed by atoms with van der Waals surface area (Å²) in [5, 5.41) is 0. The number of ether oxygens (including phenoxy) is 4. The lowest BCUT2D eigenvalue weighted by atomic mass is 9.84. The van der Waals surface area contributed by atoms with Crippen molar-refractivity contribution >= 4 is 0 Å². The average Bonchev–Trinajstić information content (AvgIpc) is 2.49. The van der Waals surface area contributed by atoms with Gasteiger partial charge in [-0.2, -0.15) is 0 Å². The van der Waals surface area contributed by atoms with Crippen molar-refractivity contribution in [3.63, 3.8) is 0 Å². The second kappa shape index (κ2) is 6.67. The smallest absolute Gasteiger partial charge is 0.199 e. The van der Waals surface area contributed by atoms with Crippen LogP contribution in [0, 0.1) is 5.41 Å². The molecule has 2 saturated heterocycles. The maximum atomic E-state index is 5.88. The van der Waals surface area contributed by atoms with Crippen LogP contribution in [0.4, 0.5) is 0 Å². The highest BCUT2D eigenvalue weighted by Gasteiger charge is 2.37. The molecule has 1 unspecified atom stereocenters. The van der Waals surface area contributed by atoms with Gasteiger partial charge in [-0.3, -0.25) is 0 Å². The maximum absolute atomic E-state index is 5.88. The Balaban J connectivity index is 1.49. The Bertz CT molecular complexity index is 427. The Labute approximate surface area is 126 Å². The molecule has 0 amide bonds. The standard InChI is InChI=1S/C17H24O4/c1-2-17(11-18-12-17)13-20-14-6-8-15(9-7-14)21-16-5-3-4-10-19-16/h6-9,16H,2-5,10-13H2,1H3.